The Labute approximate surface area is 102 Å². The molecule has 2 N–H and O–H groups in total. The van der Waals surface area contributed by atoms with Gasteiger partial charge in [-0.3, -0.25) is 0 Å². The molecule has 0 spiro atoms. The average Bonchev–Trinajstić information content (AvgIpc) is 2.24. The third-order valence-electron chi connectivity index (χ3n) is 3.28. The Morgan fingerprint density at radius 2 is 1.75 bits per heavy atom. The van der Waals surface area contributed by atoms with Crippen molar-refractivity contribution in [1.82, 2.24) is 0 Å². The van der Waals surface area contributed by atoms with E-state index in [0.717, 1.165) is 38.2 Å². The van der Waals surface area contributed by atoms with Crippen LogP contribution in [0, 0.1) is 11.6 Å². The standard InChI is InChI=1S/C12H14BrF2N/c13-11-9(6-8(14)7-10(11)15)12(16)4-2-1-3-5-12/h6-7H,1-5,16H2. The van der Waals surface area contributed by atoms with Crippen LogP contribution in [0.25, 0.3) is 0 Å². The monoisotopic (exact) mass is 289 g/mol. The molecule has 0 aromatic heterocycles. The molecule has 0 amide bonds. The van der Waals surface area contributed by atoms with Crippen LogP contribution in [0.1, 0.15) is 37.7 Å². The highest BCUT2D eigenvalue weighted by molar-refractivity contribution is 9.10. The summed E-state index contributed by atoms with van der Waals surface area (Å²) in [6.45, 7) is 0. The Bertz CT molecular complexity index is 400. The molecule has 1 saturated carbocycles. The van der Waals surface area contributed by atoms with E-state index in [2.05, 4.69) is 15.9 Å². The molecule has 4 heteroatoms. The van der Waals surface area contributed by atoms with Crippen molar-refractivity contribution >= 4 is 15.9 Å². The second-order valence-corrected chi connectivity index (χ2v) is 5.26. The first kappa shape index (κ1) is 12.0. The zero-order chi connectivity index (χ0) is 11.8. The molecule has 1 aromatic carbocycles. The molecule has 0 aliphatic heterocycles. The van der Waals surface area contributed by atoms with E-state index in [9.17, 15) is 8.78 Å². The topological polar surface area (TPSA) is 26.0 Å². The Hall–Kier alpha value is -0.480. The van der Waals surface area contributed by atoms with Gasteiger partial charge in [-0.15, -0.1) is 0 Å². The Kier molecular flexibility index (Phi) is 3.31. The summed E-state index contributed by atoms with van der Waals surface area (Å²) in [7, 11) is 0. The number of hydrogen-bond donors (Lipinski definition) is 1. The molecule has 0 saturated heterocycles. The molecule has 1 fully saturated rings. The Morgan fingerprint density at radius 1 is 1.12 bits per heavy atom. The normalized spacial score (nSPS) is 19.8. The van der Waals surface area contributed by atoms with Gasteiger partial charge in [-0.2, -0.15) is 0 Å². The molecule has 1 aliphatic rings. The smallest absolute Gasteiger partial charge is 0.140 e. The van der Waals surface area contributed by atoms with Crippen LogP contribution < -0.4 is 5.73 Å². The van der Waals surface area contributed by atoms with Gasteiger partial charge in [0, 0.05) is 11.6 Å². The first-order valence-corrected chi connectivity index (χ1v) is 6.26. The highest BCUT2D eigenvalue weighted by Crippen LogP contribution is 2.39. The van der Waals surface area contributed by atoms with E-state index >= 15 is 0 Å². The quantitative estimate of drug-likeness (QED) is 0.781. The van der Waals surface area contributed by atoms with Crippen molar-refractivity contribution in [2.45, 2.75) is 37.6 Å². The maximum atomic E-state index is 13.4. The number of rotatable bonds is 1. The van der Waals surface area contributed by atoms with E-state index in [1.54, 1.807) is 0 Å². The van der Waals surface area contributed by atoms with Crippen LogP contribution in [0.4, 0.5) is 8.78 Å². The average molecular weight is 290 g/mol. The molecule has 2 rings (SSSR count). The van der Waals surface area contributed by atoms with Gasteiger partial charge in [0.05, 0.1) is 4.47 Å². The molecule has 1 aromatic rings. The highest BCUT2D eigenvalue weighted by atomic mass is 79.9. The number of halogens is 3. The molecule has 88 valence electrons. The van der Waals surface area contributed by atoms with E-state index < -0.39 is 17.2 Å². The molecule has 1 nitrogen and oxygen atoms in total. The maximum Gasteiger partial charge on any atom is 0.140 e. The fourth-order valence-electron chi connectivity index (χ4n) is 2.37. The molecule has 0 atom stereocenters. The lowest BCUT2D eigenvalue weighted by atomic mass is 9.77. The SMILES string of the molecule is NC1(c2cc(F)cc(F)c2Br)CCCCC1. The number of nitrogens with two attached hydrogens (primary N) is 1. The van der Waals surface area contributed by atoms with Gasteiger partial charge in [0.25, 0.3) is 0 Å². The summed E-state index contributed by atoms with van der Waals surface area (Å²) >= 11 is 3.16. The molecule has 0 radical (unpaired) electrons. The molecule has 0 heterocycles. The van der Waals surface area contributed by atoms with Crippen molar-refractivity contribution in [3.05, 3.63) is 33.8 Å². The van der Waals surface area contributed by atoms with Crippen molar-refractivity contribution in [3.8, 4) is 0 Å². The predicted molar refractivity (Wildman–Crippen MR) is 63.0 cm³/mol. The molecule has 0 unspecified atom stereocenters. The molecule has 1 aliphatic carbocycles. The van der Waals surface area contributed by atoms with Crippen LogP contribution in [-0.4, -0.2) is 0 Å². The first-order chi connectivity index (χ1) is 7.53. The van der Waals surface area contributed by atoms with Crippen molar-refractivity contribution in [2.24, 2.45) is 5.73 Å². The fraction of sp³-hybridized carbons (Fsp3) is 0.500. The largest absolute Gasteiger partial charge is 0.321 e. The van der Waals surface area contributed by atoms with E-state index in [-0.39, 0.29) is 0 Å². The summed E-state index contributed by atoms with van der Waals surface area (Å²) in [5, 5.41) is 0. The van der Waals surface area contributed by atoms with Crippen molar-refractivity contribution in [3.63, 3.8) is 0 Å². The number of hydrogen-bond acceptors (Lipinski definition) is 1. The summed E-state index contributed by atoms with van der Waals surface area (Å²) in [6, 6.07) is 2.22. The third kappa shape index (κ3) is 2.13. The van der Waals surface area contributed by atoms with Gasteiger partial charge in [0.15, 0.2) is 0 Å². The minimum Gasteiger partial charge on any atom is -0.321 e. The fourth-order valence-corrected chi connectivity index (χ4v) is 2.99. The van der Waals surface area contributed by atoms with Gasteiger partial charge in [0.1, 0.15) is 11.6 Å². The zero-order valence-corrected chi connectivity index (χ0v) is 10.5. The van der Waals surface area contributed by atoms with Gasteiger partial charge in [-0.1, -0.05) is 19.3 Å². The summed E-state index contributed by atoms with van der Waals surface area (Å²) in [5.41, 5.74) is 6.23. The maximum absolute atomic E-state index is 13.4. The van der Waals surface area contributed by atoms with Gasteiger partial charge in [-0.05, 0) is 40.4 Å². The minimum atomic E-state index is -0.583. The van der Waals surface area contributed by atoms with E-state index in [1.165, 1.54) is 6.07 Å². The molecule has 0 bridgehead atoms. The van der Waals surface area contributed by atoms with Crippen molar-refractivity contribution in [1.29, 1.82) is 0 Å². The molecular formula is C12H14BrF2N. The van der Waals surface area contributed by atoms with E-state index in [4.69, 9.17) is 5.73 Å². The van der Waals surface area contributed by atoms with Crippen LogP contribution in [-0.2, 0) is 5.54 Å². The van der Waals surface area contributed by atoms with E-state index in [1.807, 2.05) is 0 Å². The summed E-state index contributed by atoms with van der Waals surface area (Å²) in [4.78, 5) is 0. The van der Waals surface area contributed by atoms with Gasteiger partial charge in [-0.25, -0.2) is 8.78 Å². The second-order valence-electron chi connectivity index (χ2n) is 4.47. The Morgan fingerprint density at radius 3 is 2.38 bits per heavy atom. The third-order valence-corrected chi connectivity index (χ3v) is 4.08. The van der Waals surface area contributed by atoms with Gasteiger partial charge < -0.3 is 5.73 Å². The molecule has 16 heavy (non-hydrogen) atoms. The zero-order valence-electron chi connectivity index (χ0n) is 8.90. The summed E-state index contributed by atoms with van der Waals surface area (Å²) in [5.74, 6) is -1.14. The van der Waals surface area contributed by atoms with Crippen LogP contribution in [0.5, 0.6) is 0 Å². The second kappa shape index (κ2) is 4.41. The lowest BCUT2D eigenvalue weighted by molar-refractivity contribution is 0.299. The van der Waals surface area contributed by atoms with Crippen LogP contribution in [0.3, 0.4) is 0 Å². The number of benzene rings is 1. The summed E-state index contributed by atoms with van der Waals surface area (Å²) in [6.07, 6.45) is 4.75. The van der Waals surface area contributed by atoms with Crippen LogP contribution in [0.15, 0.2) is 16.6 Å². The van der Waals surface area contributed by atoms with Crippen LogP contribution in [0.2, 0.25) is 0 Å². The van der Waals surface area contributed by atoms with E-state index in [0.29, 0.717) is 10.0 Å². The minimum absolute atomic E-state index is 0.304. The van der Waals surface area contributed by atoms with Crippen molar-refractivity contribution < 1.29 is 8.78 Å². The first-order valence-electron chi connectivity index (χ1n) is 5.47. The van der Waals surface area contributed by atoms with Crippen LogP contribution >= 0.6 is 15.9 Å². The highest BCUT2D eigenvalue weighted by Gasteiger charge is 2.32. The lowest BCUT2D eigenvalue weighted by Gasteiger charge is -2.34. The predicted octanol–water partition coefficient (Wildman–Crippen LogP) is 3.85. The molecular weight excluding hydrogens is 276 g/mol. The van der Waals surface area contributed by atoms with Gasteiger partial charge >= 0.3 is 0 Å². The van der Waals surface area contributed by atoms with Gasteiger partial charge in [0.2, 0.25) is 0 Å². The lowest BCUT2D eigenvalue weighted by Crippen LogP contribution is -2.39. The Balaban J connectivity index is 2.45. The summed E-state index contributed by atoms with van der Waals surface area (Å²) < 4.78 is 26.9. The van der Waals surface area contributed by atoms with Crippen molar-refractivity contribution in [2.75, 3.05) is 0 Å².